The lowest BCUT2D eigenvalue weighted by molar-refractivity contribution is -0.181. The molecule has 4 aliphatic rings. The third-order valence-corrected chi connectivity index (χ3v) is 5.99. The van der Waals surface area contributed by atoms with Gasteiger partial charge < -0.3 is 14.4 Å². The number of halogens is 1. The third kappa shape index (κ3) is 2.56. The Hall–Kier alpha value is -0.680. The van der Waals surface area contributed by atoms with Crippen molar-refractivity contribution in [1.29, 1.82) is 0 Å². The zero-order chi connectivity index (χ0) is 15.2. The first-order chi connectivity index (χ1) is 10.6. The summed E-state index contributed by atoms with van der Waals surface area (Å²) < 4.78 is 25.9. The van der Waals surface area contributed by atoms with Crippen molar-refractivity contribution >= 4 is 5.91 Å². The molecule has 5 heteroatoms. The van der Waals surface area contributed by atoms with Crippen LogP contribution in [-0.4, -0.2) is 55.0 Å². The van der Waals surface area contributed by atoms with E-state index in [1.807, 2.05) is 0 Å². The summed E-state index contributed by atoms with van der Waals surface area (Å²) in [6.07, 6.45) is 6.30. The van der Waals surface area contributed by atoms with Crippen LogP contribution in [-0.2, 0) is 14.3 Å². The second-order valence-electron chi connectivity index (χ2n) is 7.69. The van der Waals surface area contributed by atoms with Gasteiger partial charge in [0.1, 0.15) is 5.60 Å². The van der Waals surface area contributed by atoms with Crippen molar-refractivity contribution in [2.24, 2.45) is 11.8 Å². The van der Waals surface area contributed by atoms with E-state index >= 15 is 0 Å². The second kappa shape index (κ2) is 5.45. The van der Waals surface area contributed by atoms with E-state index < -0.39 is 5.67 Å². The van der Waals surface area contributed by atoms with Gasteiger partial charge in [-0.25, -0.2) is 4.39 Å². The number of rotatable bonds is 6. The molecular weight excluding hydrogens is 285 g/mol. The molecule has 2 saturated carbocycles. The van der Waals surface area contributed by atoms with Gasteiger partial charge in [-0.3, -0.25) is 4.79 Å². The van der Waals surface area contributed by atoms with E-state index in [4.69, 9.17) is 9.47 Å². The van der Waals surface area contributed by atoms with Crippen LogP contribution >= 0.6 is 0 Å². The molecule has 4 nitrogen and oxygen atoms in total. The quantitative estimate of drug-likeness (QED) is 0.707. The van der Waals surface area contributed by atoms with Crippen LogP contribution < -0.4 is 0 Å². The minimum absolute atomic E-state index is 0.210. The Balaban J connectivity index is 1.25. The summed E-state index contributed by atoms with van der Waals surface area (Å²) in [5, 5.41) is 0. The van der Waals surface area contributed by atoms with Crippen LogP contribution in [0.1, 0.15) is 44.9 Å². The molecule has 1 atom stereocenters. The average molecular weight is 311 g/mol. The van der Waals surface area contributed by atoms with Gasteiger partial charge in [-0.15, -0.1) is 0 Å². The number of likely N-dealkylation sites (tertiary alicyclic amines) is 1. The molecular formula is C17H26FNO3. The molecule has 1 spiro atoms. The maximum absolute atomic E-state index is 14.2. The molecule has 0 aromatic carbocycles. The van der Waals surface area contributed by atoms with Crippen molar-refractivity contribution in [1.82, 2.24) is 4.90 Å². The van der Waals surface area contributed by atoms with Gasteiger partial charge in [0.2, 0.25) is 0 Å². The Kier molecular flexibility index (Phi) is 3.68. The number of hydrogen-bond donors (Lipinski definition) is 0. The minimum Gasteiger partial charge on any atom is -0.381 e. The lowest BCUT2D eigenvalue weighted by Crippen LogP contribution is -2.69. The molecule has 0 N–H and O–H groups in total. The van der Waals surface area contributed by atoms with Gasteiger partial charge in [0, 0.05) is 19.8 Å². The normalized spacial score (nSPS) is 31.9. The molecule has 4 rings (SSSR count). The van der Waals surface area contributed by atoms with Crippen molar-refractivity contribution in [2.45, 2.75) is 56.2 Å². The van der Waals surface area contributed by atoms with Gasteiger partial charge in [-0.2, -0.15) is 0 Å². The molecule has 2 aliphatic heterocycles. The van der Waals surface area contributed by atoms with E-state index in [0.717, 1.165) is 45.0 Å². The van der Waals surface area contributed by atoms with Crippen LogP contribution in [0.25, 0.3) is 0 Å². The van der Waals surface area contributed by atoms with Crippen molar-refractivity contribution in [2.75, 3.05) is 32.9 Å². The smallest absolute Gasteiger partial charge is 0.260 e. The van der Waals surface area contributed by atoms with E-state index in [9.17, 15) is 9.18 Å². The van der Waals surface area contributed by atoms with Crippen LogP contribution in [0.5, 0.6) is 0 Å². The van der Waals surface area contributed by atoms with Gasteiger partial charge in [0.25, 0.3) is 5.91 Å². The molecule has 0 bridgehead atoms. The molecule has 0 aromatic rings. The van der Waals surface area contributed by atoms with E-state index in [1.54, 1.807) is 4.90 Å². The summed E-state index contributed by atoms with van der Waals surface area (Å²) in [6, 6.07) is 0. The first-order valence-corrected chi connectivity index (χ1v) is 8.81. The predicted molar refractivity (Wildman–Crippen MR) is 79.2 cm³/mol. The predicted octanol–water partition coefficient (Wildman–Crippen LogP) is 2.31. The van der Waals surface area contributed by atoms with Gasteiger partial charge in [0.05, 0.1) is 13.1 Å². The molecule has 1 amide bonds. The van der Waals surface area contributed by atoms with E-state index in [0.29, 0.717) is 31.8 Å². The largest absolute Gasteiger partial charge is 0.381 e. The summed E-state index contributed by atoms with van der Waals surface area (Å²) in [7, 11) is 0. The molecule has 2 heterocycles. The number of alkyl halides is 1. The number of carbonyl (C=O) groups is 1. The average Bonchev–Trinajstić information content (AvgIpc) is 3.16. The van der Waals surface area contributed by atoms with E-state index in [1.165, 1.54) is 12.8 Å². The molecule has 4 fully saturated rings. The molecule has 124 valence electrons. The number of hydrogen-bond acceptors (Lipinski definition) is 3. The summed E-state index contributed by atoms with van der Waals surface area (Å²) in [4.78, 5) is 13.9. The van der Waals surface area contributed by atoms with Crippen molar-refractivity contribution in [3.05, 3.63) is 0 Å². The van der Waals surface area contributed by atoms with E-state index in [-0.39, 0.29) is 11.5 Å². The summed E-state index contributed by atoms with van der Waals surface area (Å²) in [5.41, 5.74) is -1.78. The van der Waals surface area contributed by atoms with Crippen LogP contribution in [0, 0.1) is 11.8 Å². The van der Waals surface area contributed by atoms with Gasteiger partial charge in [-0.1, -0.05) is 0 Å². The summed E-state index contributed by atoms with van der Waals surface area (Å²) >= 11 is 0. The molecule has 0 unspecified atom stereocenters. The first kappa shape index (κ1) is 14.9. The lowest BCUT2D eigenvalue weighted by Gasteiger charge is -2.52. The van der Waals surface area contributed by atoms with Crippen LogP contribution in [0.2, 0.25) is 0 Å². The Bertz CT molecular complexity index is 441. The summed E-state index contributed by atoms with van der Waals surface area (Å²) in [5.74, 6) is 0.949. The molecule has 0 aromatic heterocycles. The van der Waals surface area contributed by atoms with Gasteiger partial charge in [0.15, 0.2) is 5.67 Å². The first-order valence-electron chi connectivity index (χ1n) is 8.81. The Morgan fingerprint density at radius 3 is 2.68 bits per heavy atom. The highest BCUT2D eigenvalue weighted by Gasteiger charge is 2.58. The SMILES string of the molecule is O=C(N1CC2(C1)OCC[C@@H]2CCOCC1CC1)C1(F)CCC1. The number of amides is 1. The van der Waals surface area contributed by atoms with E-state index in [2.05, 4.69) is 0 Å². The highest BCUT2D eigenvalue weighted by atomic mass is 19.1. The van der Waals surface area contributed by atoms with Crippen molar-refractivity contribution in [3.8, 4) is 0 Å². The summed E-state index contributed by atoms with van der Waals surface area (Å²) in [6.45, 7) is 3.59. The Morgan fingerprint density at radius 2 is 2.05 bits per heavy atom. The molecule has 2 saturated heterocycles. The Morgan fingerprint density at radius 1 is 1.27 bits per heavy atom. The molecule has 22 heavy (non-hydrogen) atoms. The maximum atomic E-state index is 14.2. The fourth-order valence-corrected chi connectivity index (χ4v) is 4.03. The Labute approximate surface area is 131 Å². The fourth-order valence-electron chi connectivity index (χ4n) is 4.03. The highest BCUT2D eigenvalue weighted by molar-refractivity contribution is 5.87. The van der Waals surface area contributed by atoms with Crippen molar-refractivity contribution in [3.63, 3.8) is 0 Å². The van der Waals surface area contributed by atoms with Crippen LogP contribution in [0.3, 0.4) is 0 Å². The molecule has 2 aliphatic carbocycles. The molecule has 0 radical (unpaired) electrons. The fraction of sp³-hybridized carbons (Fsp3) is 0.941. The highest BCUT2D eigenvalue weighted by Crippen LogP contribution is 2.45. The van der Waals surface area contributed by atoms with Crippen molar-refractivity contribution < 1.29 is 18.7 Å². The minimum atomic E-state index is -1.57. The standard InChI is InChI=1S/C17H26FNO3/c18-16(6-1-7-16)15(20)19-11-17(12-19)14(5-9-22-17)4-8-21-10-13-2-3-13/h13-14H,1-12H2/t14-/m0/s1. The number of nitrogens with zero attached hydrogens (tertiary/aromatic N) is 1. The lowest BCUT2D eigenvalue weighted by atomic mass is 9.75. The van der Waals surface area contributed by atoms with Crippen LogP contribution in [0.4, 0.5) is 4.39 Å². The third-order valence-electron chi connectivity index (χ3n) is 5.99. The number of ether oxygens (including phenoxy) is 2. The maximum Gasteiger partial charge on any atom is 0.260 e. The topological polar surface area (TPSA) is 38.8 Å². The monoisotopic (exact) mass is 311 g/mol. The van der Waals surface area contributed by atoms with Gasteiger partial charge >= 0.3 is 0 Å². The zero-order valence-corrected chi connectivity index (χ0v) is 13.2. The van der Waals surface area contributed by atoms with Crippen LogP contribution in [0.15, 0.2) is 0 Å². The zero-order valence-electron chi connectivity index (χ0n) is 13.2. The van der Waals surface area contributed by atoms with Gasteiger partial charge in [-0.05, 0) is 56.8 Å². The second-order valence-corrected chi connectivity index (χ2v) is 7.69. The number of carbonyl (C=O) groups excluding carboxylic acids is 1.